The van der Waals surface area contributed by atoms with Crippen LogP contribution in [-0.4, -0.2) is 28.3 Å². The topological polar surface area (TPSA) is 73.2 Å². The summed E-state index contributed by atoms with van der Waals surface area (Å²) < 4.78 is 6.83. The number of methoxy groups -OCH3 is 1. The van der Waals surface area contributed by atoms with E-state index >= 15 is 0 Å². The number of nitrogens with one attached hydrogen (secondary N) is 1. The van der Waals surface area contributed by atoms with E-state index < -0.39 is 0 Å². The fraction of sp³-hybridized carbons (Fsp3) is 0.389. The molecule has 0 fully saturated rings. The van der Waals surface area contributed by atoms with Crippen molar-refractivity contribution in [2.75, 3.05) is 18.2 Å². The number of hydrogen-bond donors (Lipinski definition) is 1. The molecular weight excluding hydrogens is 338 g/mol. The maximum absolute atomic E-state index is 12.7. The number of hydrogen-bond acceptors (Lipinski definition) is 5. The number of nitrogens with zero attached hydrogens (tertiary/aromatic N) is 2. The second-order valence-corrected chi connectivity index (χ2v) is 7.28. The number of carbonyl (C=O) groups excluding carboxylic acids is 1. The molecule has 1 atom stereocenters. The van der Waals surface area contributed by atoms with Crippen LogP contribution in [0.4, 0.5) is 5.69 Å². The standard InChI is InChI=1S/C18H19N3O3S/c1-24-13-7-5-11(6-8-13)19-16(22)9-12-10-25-18-20-15-4-2-3-14(15)17(23)21(12)18/h5-8,12H,2-4,9-10H2,1H3,(H,19,22). The van der Waals surface area contributed by atoms with Crippen molar-refractivity contribution in [3.8, 4) is 5.75 Å². The highest BCUT2D eigenvalue weighted by molar-refractivity contribution is 7.99. The molecule has 2 heterocycles. The summed E-state index contributed by atoms with van der Waals surface area (Å²) in [4.78, 5) is 29.8. The van der Waals surface area contributed by atoms with Crippen molar-refractivity contribution >= 4 is 23.4 Å². The highest BCUT2D eigenvalue weighted by Gasteiger charge is 2.31. The van der Waals surface area contributed by atoms with E-state index in [4.69, 9.17) is 4.74 Å². The molecule has 25 heavy (non-hydrogen) atoms. The summed E-state index contributed by atoms with van der Waals surface area (Å²) in [5.74, 6) is 1.35. The smallest absolute Gasteiger partial charge is 0.257 e. The van der Waals surface area contributed by atoms with Gasteiger partial charge in [0.15, 0.2) is 5.16 Å². The maximum Gasteiger partial charge on any atom is 0.257 e. The van der Waals surface area contributed by atoms with Gasteiger partial charge in [0.1, 0.15) is 5.75 Å². The second-order valence-electron chi connectivity index (χ2n) is 6.29. The summed E-state index contributed by atoms with van der Waals surface area (Å²) in [6, 6.07) is 7.06. The van der Waals surface area contributed by atoms with Crippen LogP contribution in [0.5, 0.6) is 5.75 Å². The summed E-state index contributed by atoms with van der Waals surface area (Å²) in [5.41, 5.74) is 2.56. The van der Waals surface area contributed by atoms with Crippen LogP contribution in [0.2, 0.25) is 0 Å². The van der Waals surface area contributed by atoms with E-state index in [0.717, 1.165) is 47.1 Å². The molecule has 0 saturated carbocycles. The predicted octanol–water partition coefficient (Wildman–Crippen LogP) is 2.42. The summed E-state index contributed by atoms with van der Waals surface area (Å²) in [6.45, 7) is 0. The lowest BCUT2D eigenvalue weighted by molar-refractivity contribution is -0.116. The summed E-state index contributed by atoms with van der Waals surface area (Å²) >= 11 is 1.56. The Morgan fingerprint density at radius 2 is 2.16 bits per heavy atom. The number of amides is 1. The molecule has 2 aliphatic rings. The number of benzene rings is 1. The van der Waals surface area contributed by atoms with Crippen molar-refractivity contribution in [3.63, 3.8) is 0 Å². The van der Waals surface area contributed by atoms with Crippen LogP contribution in [0.15, 0.2) is 34.2 Å². The summed E-state index contributed by atoms with van der Waals surface area (Å²) in [7, 11) is 1.60. The minimum absolute atomic E-state index is 0.0461. The van der Waals surface area contributed by atoms with Gasteiger partial charge < -0.3 is 10.1 Å². The van der Waals surface area contributed by atoms with Crippen molar-refractivity contribution in [3.05, 3.63) is 45.9 Å². The van der Waals surface area contributed by atoms with Gasteiger partial charge in [-0.1, -0.05) is 11.8 Å². The van der Waals surface area contributed by atoms with Gasteiger partial charge in [0.05, 0.1) is 18.8 Å². The molecule has 1 N–H and O–H groups in total. The number of aryl methyl sites for hydroxylation is 1. The lowest BCUT2D eigenvalue weighted by atomic mass is 10.2. The molecule has 0 spiro atoms. The predicted molar refractivity (Wildman–Crippen MR) is 96.5 cm³/mol. The monoisotopic (exact) mass is 357 g/mol. The fourth-order valence-electron chi connectivity index (χ4n) is 3.40. The Kier molecular flexibility index (Phi) is 4.25. The third-order valence-electron chi connectivity index (χ3n) is 4.67. The average molecular weight is 357 g/mol. The van der Waals surface area contributed by atoms with E-state index in [9.17, 15) is 9.59 Å². The second kappa shape index (κ2) is 6.55. The first-order valence-corrected chi connectivity index (χ1v) is 9.35. The molecule has 7 heteroatoms. The quantitative estimate of drug-likeness (QED) is 0.851. The Morgan fingerprint density at radius 1 is 1.36 bits per heavy atom. The third-order valence-corrected chi connectivity index (χ3v) is 5.76. The normalized spacial score (nSPS) is 17.9. The molecule has 1 amide bonds. The SMILES string of the molecule is COc1ccc(NC(=O)CC2CSc3nc4c(c(=O)n32)CCC4)cc1. The van der Waals surface area contributed by atoms with E-state index in [2.05, 4.69) is 10.3 Å². The van der Waals surface area contributed by atoms with Crippen LogP contribution in [0.3, 0.4) is 0 Å². The fourth-order valence-corrected chi connectivity index (χ4v) is 4.56. The minimum atomic E-state index is -0.135. The van der Waals surface area contributed by atoms with Crippen LogP contribution >= 0.6 is 11.8 Å². The molecule has 1 aliphatic heterocycles. The molecule has 1 aromatic heterocycles. The number of rotatable bonds is 4. The van der Waals surface area contributed by atoms with E-state index in [0.29, 0.717) is 5.75 Å². The molecule has 0 saturated heterocycles. The number of fused-ring (bicyclic) bond motifs is 2. The van der Waals surface area contributed by atoms with Gasteiger partial charge in [-0.15, -0.1) is 0 Å². The first-order chi connectivity index (χ1) is 12.2. The highest BCUT2D eigenvalue weighted by atomic mass is 32.2. The highest BCUT2D eigenvalue weighted by Crippen LogP contribution is 2.34. The van der Waals surface area contributed by atoms with E-state index in [1.807, 2.05) is 0 Å². The van der Waals surface area contributed by atoms with Crippen molar-refractivity contribution in [1.29, 1.82) is 0 Å². The van der Waals surface area contributed by atoms with Gasteiger partial charge in [-0.2, -0.15) is 0 Å². The molecule has 0 bridgehead atoms. The van der Waals surface area contributed by atoms with E-state index in [1.54, 1.807) is 47.7 Å². The Balaban J connectivity index is 1.49. The average Bonchev–Trinajstić information content (AvgIpc) is 3.23. The Morgan fingerprint density at radius 3 is 2.92 bits per heavy atom. The molecular formula is C18H19N3O3S. The lowest BCUT2D eigenvalue weighted by Crippen LogP contribution is -2.30. The molecule has 2 aromatic rings. The van der Waals surface area contributed by atoms with Gasteiger partial charge in [-0.3, -0.25) is 14.2 Å². The van der Waals surface area contributed by atoms with E-state index in [-0.39, 0.29) is 23.9 Å². The number of carbonyl (C=O) groups is 1. The number of aromatic nitrogens is 2. The molecule has 6 nitrogen and oxygen atoms in total. The van der Waals surface area contributed by atoms with Gasteiger partial charge in [0.25, 0.3) is 5.56 Å². The van der Waals surface area contributed by atoms with Gasteiger partial charge in [-0.05, 0) is 43.5 Å². The Hall–Kier alpha value is -2.28. The van der Waals surface area contributed by atoms with Gasteiger partial charge in [-0.25, -0.2) is 4.98 Å². The zero-order valence-corrected chi connectivity index (χ0v) is 14.8. The van der Waals surface area contributed by atoms with Crippen molar-refractivity contribution in [2.45, 2.75) is 36.9 Å². The van der Waals surface area contributed by atoms with Crippen molar-refractivity contribution in [1.82, 2.24) is 9.55 Å². The van der Waals surface area contributed by atoms with E-state index in [1.165, 1.54) is 0 Å². The Bertz CT molecular complexity index is 876. The number of thioether (sulfide) groups is 1. The molecule has 0 radical (unpaired) electrons. The van der Waals surface area contributed by atoms with Crippen LogP contribution in [0.25, 0.3) is 0 Å². The summed E-state index contributed by atoms with van der Waals surface area (Å²) in [5, 5.41) is 3.64. The zero-order valence-electron chi connectivity index (χ0n) is 13.9. The van der Waals surface area contributed by atoms with Gasteiger partial charge >= 0.3 is 0 Å². The summed E-state index contributed by atoms with van der Waals surface area (Å²) in [6.07, 6.45) is 2.96. The first kappa shape index (κ1) is 16.2. The minimum Gasteiger partial charge on any atom is -0.497 e. The molecule has 1 unspecified atom stereocenters. The van der Waals surface area contributed by atoms with Crippen molar-refractivity contribution in [2.24, 2.45) is 0 Å². The van der Waals surface area contributed by atoms with Crippen LogP contribution < -0.4 is 15.6 Å². The van der Waals surface area contributed by atoms with Gasteiger partial charge in [0, 0.05) is 23.4 Å². The lowest BCUT2D eigenvalue weighted by Gasteiger charge is -2.14. The molecule has 1 aromatic carbocycles. The largest absolute Gasteiger partial charge is 0.497 e. The maximum atomic E-state index is 12.7. The molecule has 1 aliphatic carbocycles. The number of ether oxygens (including phenoxy) is 1. The molecule has 130 valence electrons. The van der Waals surface area contributed by atoms with Crippen LogP contribution in [0, 0.1) is 0 Å². The van der Waals surface area contributed by atoms with Crippen molar-refractivity contribution < 1.29 is 9.53 Å². The third kappa shape index (κ3) is 3.04. The molecule has 4 rings (SSSR count). The first-order valence-electron chi connectivity index (χ1n) is 8.36. The van der Waals surface area contributed by atoms with Crippen LogP contribution in [-0.2, 0) is 17.6 Å². The zero-order chi connectivity index (χ0) is 17.4. The van der Waals surface area contributed by atoms with Crippen LogP contribution in [0.1, 0.15) is 30.1 Å². The van der Waals surface area contributed by atoms with Gasteiger partial charge in [0.2, 0.25) is 5.91 Å². The number of anilines is 1. The Labute approximate surface area is 149 Å².